The molecule has 0 fully saturated rings. The molecular formula is C32H42O12. The molecule has 2 aromatic rings. The Morgan fingerprint density at radius 3 is 1.30 bits per heavy atom. The molecule has 44 heavy (non-hydrogen) atoms. The van der Waals surface area contributed by atoms with Crippen LogP contribution in [0.2, 0.25) is 0 Å². The fourth-order valence-corrected chi connectivity index (χ4v) is 3.85. The van der Waals surface area contributed by atoms with Crippen molar-refractivity contribution >= 4 is 23.9 Å². The summed E-state index contributed by atoms with van der Waals surface area (Å²) < 4.78 is 32.2. The minimum atomic E-state index is -1.62. The SMILES string of the molecule is CC(=O)OC[C@@H](O)[C@@](C)(COCc1ccccc1)OC(=O)CCC(=O)O[C@](C)(COCc1ccccc1)[C@H](O)COC(C)=O. The summed E-state index contributed by atoms with van der Waals surface area (Å²) in [5.74, 6) is -2.95. The Morgan fingerprint density at radius 1 is 0.636 bits per heavy atom. The second kappa shape index (κ2) is 18.1. The first-order valence-electron chi connectivity index (χ1n) is 14.1. The van der Waals surface area contributed by atoms with Crippen molar-refractivity contribution in [3.05, 3.63) is 71.8 Å². The minimum Gasteiger partial charge on any atom is -0.463 e. The molecular weight excluding hydrogens is 576 g/mol. The maximum Gasteiger partial charge on any atom is 0.307 e. The molecule has 2 rings (SSSR count). The van der Waals surface area contributed by atoms with E-state index in [0.29, 0.717) is 0 Å². The van der Waals surface area contributed by atoms with Gasteiger partial charge in [-0.1, -0.05) is 60.7 Å². The molecule has 0 amide bonds. The van der Waals surface area contributed by atoms with Crippen LogP contribution in [0.5, 0.6) is 0 Å². The lowest BCUT2D eigenvalue weighted by Crippen LogP contribution is -2.50. The van der Waals surface area contributed by atoms with Crippen LogP contribution in [0.3, 0.4) is 0 Å². The smallest absolute Gasteiger partial charge is 0.307 e. The van der Waals surface area contributed by atoms with Gasteiger partial charge in [0.15, 0.2) is 11.2 Å². The van der Waals surface area contributed by atoms with Gasteiger partial charge < -0.3 is 38.6 Å². The van der Waals surface area contributed by atoms with E-state index in [2.05, 4.69) is 0 Å². The molecule has 0 aliphatic carbocycles. The highest BCUT2D eigenvalue weighted by Gasteiger charge is 2.40. The minimum absolute atomic E-state index is 0.168. The summed E-state index contributed by atoms with van der Waals surface area (Å²) in [6.07, 6.45) is -3.73. The van der Waals surface area contributed by atoms with Crippen molar-refractivity contribution in [2.75, 3.05) is 26.4 Å². The Balaban J connectivity index is 2.01. The molecule has 2 aromatic carbocycles. The second-order valence-corrected chi connectivity index (χ2v) is 10.7. The van der Waals surface area contributed by atoms with Crippen molar-refractivity contribution in [2.24, 2.45) is 0 Å². The predicted octanol–water partition coefficient (Wildman–Crippen LogP) is 2.65. The number of aliphatic hydroxyl groups is 2. The fourth-order valence-electron chi connectivity index (χ4n) is 3.85. The number of carbonyl (C=O) groups excluding carboxylic acids is 4. The molecule has 242 valence electrons. The van der Waals surface area contributed by atoms with E-state index in [0.717, 1.165) is 11.1 Å². The van der Waals surface area contributed by atoms with E-state index in [1.807, 2.05) is 60.7 Å². The van der Waals surface area contributed by atoms with E-state index in [-0.39, 0.29) is 26.4 Å². The van der Waals surface area contributed by atoms with E-state index < -0.39 is 73.3 Å². The van der Waals surface area contributed by atoms with E-state index in [9.17, 15) is 29.4 Å². The van der Waals surface area contributed by atoms with Crippen molar-refractivity contribution in [2.45, 2.75) is 77.2 Å². The predicted molar refractivity (Wildman–Crippen MR) is 156 cm³/mol. The molecule has 0 spiro atoms. The first kappa shape index (κ1) is 36.4. The van der Waals surface area contributed by atoms with Gasteiger partial charge in [-0.25, -0.2) is 0 Å². The maximum absolute atomic E-state index is 12.8. The van der Waals surface area contributed by atoms with Crippen molar-refractivity contribution in [3.8, 4) is 0 Å². The summed E-state index contributed by atoms with van der Waals surface area (Å²) in [5, 5.41) is 21.4. The van der Waals surface area contributed by atoms with Crippen LogP contribution in [0.25, 0.3) is 0 Å². The van der Waals surface area contributed by atoms with Crippen LogP contribution in [-0.4, -0.2) is 83.9 Å². The Labute approximate surface area is 257 Å². The highest BCUT2D eigenvalue weighted by molar-refractivity contribution is 5.78. The zero-order valence-corrected chi connectivity index (χ0v) is 25.6. The van der Waals surface area contributed by atoms with Crippen LogP contribution in [0.15, 0.2) is 60.7 Å². The second-order valence-electron chi connectivity index (χ2n) is 10.7. The number of benzene rings is 2. The van der Waals surface area contributed by atoms with Crippen LogP contribution in [0.1, 0.15) is 51.7 Å². The van der Waals surface area contributed by atoms with Gasteiger partial charge in [0.1, 0.15) is 25.4 Å². The Kier molecular flexibility index (Phi) is 14.9. The first-order valence-corrected chi connectivity index (χ1v) is 14.1. The molecule has 0 aliphatic heterocycles. The number of esters is 4. The van der Waals surface area contributed by atoms with Gasteiger partial charge in [-0.3, -0.25) is 19.2 Å². The van der Waals surface area contributed by atoms with Gasteiger partial charge in [-0.05, 0) is 25.0 Å². The Morgan fingerprint density at radius 2 is 0.977 bits per heavy atom. The quantitative estimate of drug-likeness (QED) is 0.175. The number of hydrogen-bond acceptors (Lipinski definition) is 12. The fraction of sp³-hybridized carbons (Fsp3) is 0.500. The molecule has 0 saturated heterocycles. The van der Waals surface area contributed by atoms with E-state index in [1.54, 1.807) is 0 Å². The normalized spacial score (nSPS) is 15.1. The third-order valence-corrected chi connectivity index (χ3v) is 6.53. The molecule has 0 heterocycles. The third-order valence-electron chi connectivity index (χ3n) is 6.53. The van der Waals surface area contributed by atoms with Crippen LogP contribution in [0, 0.1) is 0 Å². The topological polar surface area (TPSA) is 164 Å². The molecule has 12 nitrogen and oxygen atoms in total. The number of hydrogen-bond donors (Lipinski definition) is 2. The summed E-state index contributed by atoms with van der Waals surface area (Å²) in [7, 11) is 0. The van der Waals surface area contributed by atoms with Crippen LogP contribution in [-0.2, 0) is 60.8 Å². The summed E-state index contributed by atoms with van der Waals surface area (Å²) >= 11 is 0. The van der Waals surface area contributed by atoms with Gasteiger partial charge in [0.2, 0.25) is 0 Å². The van der Waals surface area contributed by atoms with E-state index in [4.69, 9.17) is 28.4 Å². The van der Waals surface area contributed by atoms with Gasteiger partial charge in [0, 0.05) is 13.8 Å². The van der Waals surface area contributed by atoms with Gasteiger partial charge >= 0.3 is 23.9 Å². The standard InChI is InChI=1S/C32H42O12/c1-23(33)41-19-27(35)31(3,21-39-17-25-11-7-5-8-12-25)43-29(37)15-16-30(38)44-32(4,28(36)20-42-24(2)34)22-40-18-26-13-9-6-10-14-26/h5-14,27-28,35-36H,15-22H2,1-4H3/t27-,28-,31-,32-/m1/s1. The zero-order valence-electron chi connectivity index (χ0n) is 25.6. The van der Waals surface area contributed by atoms with Crippen molar-refractivity contribution < 1.29 is 57.8 Å². The molecule has 12 heteroatoms. The van der Waals surface area contributed by atoms with Gasteiger partial charge in [-0.2, -0.15) is 0 Å². The summed E-state index contributed by atoms with van der Waals surface area (Å²) in [6.45, 7) is 4.18. The molecule has 0 saturated carbocycles. The number of ether oxygens (including phenoxy) is 6. The molecule has 0 radical (unpaired) electrons. The van der Waals surface area contributed by atoms with Crippen LogP contribution >= 0.6 is 0 Å². The monoisotopic (exact) mass is 618 g/mol. The lowest BCUT2D eigenvalue weighted by atomic mass is 10.00. The van der Waals surface area contributed by atoms with Crippen molar-refractivity contribution in [1.29, 1.82) is 0 Å². The molecule has 0 aliphatic rings. The summed E-state index contributed by atoms with van der Waals surface area (Å²) in [6, 6.07) is 18.4. The van der Waals surface area contributed by atoms with Crippen molar-refractivity contribution in [1.82, 2.24) is 0 Å². The van der Waals surface area contributed by atoms with Crippen LogP contribution in [0.4, 0.5) is 0 Å². The Hall–Kier alpha value is -3.84. The molecule has 0 unspecified atom stereocenters. The highest BCUT2D eigenvalue weighted by Crippen LogP contribution is 2.22. The molecule has 0 aromatic heterocycles. The third kappa shape index (κ3) is 13.2. The lowest BCUT2D eigenvalue weighted by molar-refractivity contribution is -0.194. The average Bonchev–Trinajstić information content (AvgIpc) is 2.98. The molecule has 0 bridgehead atoms. The van der Waals surface area contributed by atoms with E-state index in [1.165, 1.54) is 27.7 Å². The number of carbonyl (C=O) groups is 4. The van der Waals surface area contributed by atoms with Crippen LogP contribution < -0.4 is 0 Å². The highest BCUT2D eigenvalue weighted by atomic mass is 16.6. The average molecular weight is 619 g/mol. The lowest BCUT2D eigenvalue weighted by Gasteiger charge is -2.34. The number of rotatable bonds is 19. The zero-order chi connectivity index (χ0) is 32.6. The van der Waals surface area contributed by atoms with Gasteiger partial charge in [0.25, 0.3) is 0 Å². The largest absolute Gasteiger partial charge is 0.463 e. The Bertz CT molecular complexity index is 1090. The number of aliphatic hydroxyl groups excluding tert-OH is 2. The van der Waals surface area contributed by atoms with Gasteiger partial charge in [0.05, 0.1) is 39.3 Å². The molecule has 2 N–H and O–H groups in total. The summed E-state index contributed by atoms with van der Waals surface area (Å²) in [4.78, 5) is 48.2. The molecule has 4 atom stereocenters. The van der Waals surface area contributed by atoms with Gasteiger partial charge in [-0.15, -0.1) is 0 Å². The van der Waals surface area contributed by atoms with E-state index >= 15 is 0 Å². The first-order chi connectivity index (χ1) is 20.8. The maximum atomic E-state index is 12.8. The summed E-state index contributed by atoms with van der Waals surface area (Å²) in [5.41, 5.74) is -1.54. The van der Waals surface area contributed by atoms with Crippen molar-refractivity contribution in [3.63, 3.8) is 0 Å².